The van der Waals surface area contributed by atoms with Gasteiger partial charge in [-0.2, -0.15) is 0 Å². The van der Waals surface area contributed by atoms with Crippen molar-refractivity contribution in [1.82, 2.24) is 5.32 Å². The van der Waals surface area contributed by atoms with Gasteiger partial charge in [0.2, 0.25) is 0 Å². The average molecular weight is 259 g/mol. The second-order valence-corrected chi connectivity index (χ2v) is 7.62. The Morgan fingerprint density at radius 2 is 1.68 bits per heavy atom. The Morgan fingerprint density at radius 3 is 2.21 bits per heavy atom. The van der Waals surface area contributed by atoms with Gasteiger partial charge in [0.15, 0.2) is 0 Å². The van der Waals surface area contributed by atoms with Crippen LogP contribution in [0.4, 0.5) is 0 Å². The van der Waals surface area contributed by atoms with Crippen molar-refractivity contribution in [2.75, 3.05) is 6.54 Å². The highest BCUT2D eigenvalue weighted by atomic mass is 14.9. The molecule has 0 aromatic rings. The van der Waals surface area contributed by atoms with Crippen molar-refractivity contribution < 1.29 is 0 Å². The molecule has 19 heavy (non-hydrogen) atoms. The first-order valence-corrected chi connectivity index (χ1v) is 8.39. The molecule has 1 unspecified atom stereocenters. The summed E-state index contributed by atoms with van der Waals surface area (Å²) in [4.78, 5) is 0. The molecule has 0 radical (unpaired) electrons. The van der Waals surface area contributed by atoms with E-state index >= 15 is 0 Å². The zero-order chi connectivity index (χ0) is 13.3. The lowest BCUT2D eigenvalue weighted by atomic mass is 9.48. The van der Waals surface area contributed by atoms with Crippen LogP contribution >= 0.6 is 0 Å². The molecule has 4 saturated carbocycles. The van der Waals surface area contributed by atoms with Crippen molar-refractivity contribution in [1.29, 1.82) is 0 Å². The van der Waals surface area contributed by atoms with E-state index in [1.165, 1.54) is 32.1 Å². The molecule has 0 saturated heterocycles. The standard InChI is InChI=1S/C18H29N/c1-3-4-5-6-7-19-14(2)18-11-15-8-16(12-18)10-17(9-15)13-18/h1,14-17,19H,4-13H2,2H3. The van der Waals surface area contributed by atoms with E-state index in [9.17, 15) is 0 Å². The lowest BCUT2D eigenvalue weighted by Crippen LogP contribution is -2.54. The number of terminal acetylenes is 1. The van der Waals surface area contributed by atoms with Crippen LogP contribution in [-0.4, -0.2) is 12.6 Å². The average Bonchev–Trinajstić information content (AvgIpc) is 2.36. The van der Waals surface area contributed by atoms with Gasteiger partial charge in [-0.1, -0.05) is 0 Å². The first-order valence-electron chi connectivity index (χ1n) is 8.39. The monoisotopic (exact) mass is 259 g/mol. The van der Waals surface area contributed by atoms with Crippen molar-refractivity contribution in [3.8, 4) is 12.3 Å². The topological polar surface area (TPSA) is 12.0 Å². The van der Waals surface area contributed by atoms with E-state index in [1.54, 1.807) is 19.3 Å². The van der Waals surface area contributed by atoms with Gasteiger partial charge in [-0.25, -0.2) is 0 Å². The molecule has 0 heterocycles. The molecule has 1 nitrogen and oxygen atoms in total. The molecule has 4 aliphatic carbocycles. The third-order valence-electron chi connectivity index (χ3n) is 6.20. The van der Waals surface area contributed by atoms with Crippen LogP contribution < -0.4 is 5.32 Å². The van der Waals surface area contributed by atoms with E-state index in [-0.39, 0.29) is 0 Å². The molecule has 1 N–H and O–H groups in total. The summed E-state index contributed by atoms with van der Waals surface area (Å²) < 4.78 is 0. The maximum Gasteiger partial charge on any atom is 0.00954 e. The fourth-order valence-corrected chi connectivity index (χ4v) is 5.60. The van der Waals surface area contributed by atoms with Crippen molar-refractivity contribution in [3.63, 3.8) is 0 Å². The minimum Gasteiger partial charge on any atom is -0.314 e. The predicted octanol–water partition coefficient (Wildman–Crippen LogP) is 3.98. The first-order chi connectivity index (χ1) is 9.22. The maximum absolute atomic E-state index is 5.30. The van der Waals surface area contributed by atoms with Crippen LogP contribution in [0.25, 0.3) is 0 Å². The van der Waals surface area contributed by atoms with Gasteiger partial charge < -0.3 is 5.32 Å². The molecule has 4 bridgehead atoms. The fraction of sp³-hybridized carbons (Fsp3) is 0.889. The summed E-state index contributed by atoms with van der Waals surface area (Å²) in [7, 11) is 0. The second-order valence-electron chi connectivity index (χ2n) is 7.62. The molecule has 0 amide bonds. The van der Waals surface area contributed by atoms with Crippen molar-refractivity contribution in [2.45, 2.75) is 70.8 Å². The molecule has 4 rings (SSSR count). The van der Waals surface area contributed by atoms with Crippen LogP contribution in [0.1, 0.15) is 64.7 Å². The molecule has 1 atom stereocenters. The minimum atomic E-state index is 0.654. The molecule has 1 heteroatoms. The smallest absolute Gasteiger partial charge is 0.00954 e. The lowest BCUT2D eigenvalue weighted by molar-refractivity contribution is -0.0703. The van der Waals surface area contributed by atoms with Gasteiger partial charge in [0.25, 0.3) is 0 Å². The largest absolute Gasteiger partial charge is 0.314 e. The lowest BCUT2D eigenvalue weighted by Gasteiger charge is -2.59. The number of unbranched alkanes of at least 4 members (excludes halogenated alkanes) is 2. The predicted molar refractivity (Wildman–Crippen MR) is 80.8 cm³/mol. The van der Waals surface area contributed by atoms with E-state index in [0.29, 0.717) is 11.5 Å². The zero-order valence-electron chi connectivity index (χ0n) is 12.5. The summed E-state index contributed by atoms with van der Waals surface area (Å²) in [6, 6.07) is 0.715. The van der Waals surface area contributed by atoms with Crippen molar-refractivity contribution in [2.24, 2.45) is 23.2 Å². The van der Waals surface area contributed by atoms with Gasteiger partial charge in [-0.3, -0.25) is 0 Å². The fourth-order valence-electron chi connectivity index (χ4n) is 5.60. The third-order valence-corrected chi connectivity index (χ3v) is 6.20. The summed E-state index contributed by atoms with van der Waals surface area (Å²) >= 11 is 0. The highest BCUT2D eigenvalue weighted by Crippen LogP contribution is 2.61. The molecule has 0 aromatic carbocycles. The van der Waals surface area contributed by atoms with Gasteiger partial charge in [0.1, 0.15) is 0 Å². The molecule has 4 fully saturated rings. The Morgan fingerprint density at radius 1 is 1.11 bits per heavy atom. The van der Waals surface area contributed by atoms with E-state index < -0.39 is 0 Å². The summed E-state index contributed by atoms with van der Waals surface area (Å²) in [5.74, 6) is 5.94. The SMILES string of the molecule is C#CCCCCNC(C)C12CC3CC(CC(C3)C1)C2. The van der Waals surface area contributed by atoms with Gasteiger partial charge >= 0.3 is 0 Å². The second kappa shape index (κ2) is 5.49. The Bertz CT molecular complexity index is 316. The van der Waals surface area contributed by atoms with Gasteiger partial charge in [0, 0.05) is 12.5 Å². The zero-order valence-corrected chi connectivity index (χ0v) is 12.5. The van der Waals surface area contributed by atoms with Crippen LogP contribution in [0.3, 0.4) is 0 Å². The Labute approximate surface area is 118 Å². The molecular formula is C18H29N. The minimum absolute atomic E-state index is 0.654. The Kier molecular flexibility index (Phi) is 3.90. The number of rotatable bonds is 6. The van der Waals surface area contributed by atoms with E-state index in [1.807, 2.05) is 0 Å². The first kappa shape index (κ1) is 13.5. The summed E-state index contributed by atoms with van der Waals surface area (Å²) in [6.45, 7) is 3.61. The Hall–Kier alpha value is -0.480. The van der Waals surface area contributed by atoms with E-state index in [4.69, 9.17) is 6.42 Å². The van der Waals surface area contributed by atoms with Crippen LogP contribution in [0.5, 0.6) is 0 Å². The summed E-state index contributed by atoms with van der Waals surface area (Å²) in [5.41, 5.74) is 0.654. The highest BCUT2D eigenvalue weighted by molar-refractivity contribution is 5.05. The van der Waals surface area contributed by atoms with Gasteiger partial charge in [0.05, 0.1) is 0 Å². The van der Waals surface area contributed by atoms with Gasteiger partial charge in [-0.05, 0) is 88.0 Å². The van der Waals surface area contributed by atoms with Gasteiger partial charge in [-0.15, -0.1) is 12.3 Å². The number of nitrogens with one attached hydrogen (secondary N) is 1. The quantitative estimate of drug-likeness (QED) is 0.562. The molecule has 106 valence electrons. The van der Waals surface area contributed by atoms with Crippen LogP contribution in [0.2, 0.25) is 0 Å². The third kappa shape index (κ3) is 2.70. The van der Waals surface area contributed by atoms with E-state index in [2.05, 4.69) is 18.2 Å². The van der Waals surface area contributed by atoms with Crippen LogP contribution in [-0.2, 0) is 0 Å². The molecular weight excluding hydrogens is 230 g/mol. The molecule has 0 aromatic heterocycles. The van der Waals surface area contributed by atoms with Crippen LogP contribution in [0.15, 0.2) is 0 Å². The number of hydrogen-bond acceptors (Lipinski definition) is 1. The molecule has 0 aliphatic heterocycles. The normalized spacial score (nSPS) is 41.2. The highest BCUT2D eigenvalue weighted by Gasteiger charge is 2.52. The van der Waals surface area contributed by atoms with Crippen molar-refractivity contribution in [3.05, 3.63) is 0 Å². The number of hydrogen-bond donors (Lipinski definition) is 1. The molecule has 0 spiro atoms. The van der Waals surface area contributed by atoms with Crippen molar-refractivity contribution >= 4 is 0 Å². The van der Waals surface area contributed by atoms with Crippen LogP contribution in [0, 0.1) is 35.5 Å². The summed E-state index contributed by atoms with van der Waals surface area (Å²) in [6.07, 6.45) is 17.8. The molecule has 4 aliphatic rings. The summed E-state index contributed by atoms with van der Waals surface area (Å²) in [5, 5.41) is 3.83. The van der Waals surface area contributed by atoms with E-state index in [0.717, 1.165) is 30.7 Å². The Balaban J connectivity index is 1.52. The maximum atomic E-state index is 5.30.